The number of piperidine rings is 1. The molecular formula is C37H39F2N3O2. The summed E-state index contributed by atoms with van der Waals surface area (Å²) in [7, 11) is 0. The van der Waals surface area contributed by atoms with E-state index in [1.807, 2.05) is 26.0 Å². The number of anilines is 1. The minimum atomic E-state index is -0.410. The van der Waals surface area contributed by atoms with Crippen LogP contribution in [0.4, 0.5) is 14.5 Å². The number of carbonyl (C=O) groups excluding carboxylic acids is 2. The lowest BCUT2D eigenvalue weighted by atomic mass is 9.82. The third-order valence-corrected chi connectivity index (χ3v) is 8.66. The number of hydrogen-bond donors (Lipinski definition) is 0. The van der Waals surface area contributed by atoms with E-state index in [9.17, 15) is 18.4 Å². The predicted octanol–water partition coefficient (Wildman–Crippen LogP) is 7.85. The van der Waals surface area contributed by atoms with Gasteiger partial charge in [-0.2, -0.15) is 0 Å². The molecule has 0 atom stereocenters. The Morgan fingerprint density at radius 2 is 1.36 bits per heavy atom. The Morgan fingerprint density at radius 1 is 0.841 bits per heavy atom. The summed E-state index contributed by atoms with van der Waals surface area (Å²) in [5.41, 5.74) is 8.25. The second-order valence-electron chi connectivity index (χ2n) is 12.5. The standard InChI is InChI=1S/C37H39F2N3O2/c1-25-33(17-22-43)35(41-20-18-37(3,4)19-21-41)34(26(2)40-25)29-9-5-27(6-10-29)23-42(24-28-7-13-31(38)14-8-28)36(44)30-11-15-32(39)16-12-30/h5-16,22H,17-21,23-24H2,1-4H3. The molecule has 0 aliphatic carbocycles. The van der Waals surface area contributed by atoms with Gasteiger partial charge in [0.05, 0.1) is 5.69 Å². The lowest BCUT2D eigenvalue weighted by molar-refractivity contribution is -0.107. The summed E-state index contributed by atoms with van der Waals surface area (Å²) in [6.45, 7) is 11.0. The summed E-state index contributed by atoms with van der Waals surface area (Å²) in [5.74, 6) is -0.997. The molecule has 0 unspecified atom stereocenters. The number of aromatic nitrogens is 1. The first-order chi connectivity index (χ1) is 21.0. The second-order valence-corrected chi connectivity index (χ2v) is 12.5. The molecule has 3 aromatic carbocycles. The van der Waals surface area contributed by atoms with E-state index in [0.29, 0.717) is 18.5 Å². The highest BCUT2D eigenvalue weighted by Crippen LogP contribution is 2.41. The number of aldehydes is 1. The molecule has 0 N–H and O–H groups in total. The molecule has 1 amide bonds. The zero-order chi connectivity index (χ0) is 31.4. The topological polar surface area (TPSA) is 53.5 Å². The number of amides is 1. The Morgan fingerprint density at radius 3 is 1.91 bits per heavy atom. The lowest BCUT2D eigenvalue weighted by Crippen LogP contribution is -2.38. The minimum Gasteiger partial charge on any atom is -0.371 e. The van der Waals surface area contributed by atoms with Gasteiger partial charge in [-0.15, -0.1) is 0 Å². The maximum atomic E-state index is 13.6. The average molecular weight is 596 g/mol. The first-order valence-corrected chi connectivity index (χ1v) is 15.1. The number of halogens is 2. The van der Waals surface area contributed by atoms with E-state index >= 15 is 0 Å². The van der Waals surface area contributed by atoms with Crippen molar-refractivity contribution in [1.82, 2.24) is 9.88 Å². The largest absolute Gasteiger partial charge is 0.371 e. The number of nitrogens with zero attached hydrogens (tertiary/aromatic N) is 3. The Hall–Kier alpha value is -4.39. The van der Waals surface area contributed by atoms with Gasteiger partial charge in [0.25, 0.3) is 5.91 Å². The van der Waals surface area contributed by atoms with E-state index in [-0.39, 0.29) is 23.7 Å². The lowest BCUT2D eigenvalue weighted by Gasteiger charge is -2.40. The molecule has 1 saturated heterocycles. The number of hydrogen-bond acceptors (Lipinski definition) is 4. The number of aryl methyl sites for hydroxylation is 2. The molecule has 0 bridgehead atoms. The third kappa shape index (κ3) is 7.04. The molecule has 5 nitrogen and oxygen atoms in total. The fraction of sp³-hybridized carbons (Fsp3) is 0.324. The van der Waals surface area contributed by atoms with Gasteiger partial charge >= 0.3 is 0 Å². The van der Waals surface area contributed by atoms with Crippen LogP contribution < -0.4 is 4.90 Å². The summed E-state index contributed by atoms with van der Waals surface area (Å²) >= 11 is 0. The van der Waals surface area contributed by atoms with Gasteiger partial charge in [-0.25, -0.2) is 8.78 Å². The molecule has 1 aliphatic rings. The van der Waals surface area contributed by atoms with Gasteiger partial charge < -0.3 is 14.6 Å². The number of carbonyl (C=O) groups is 2. The van der Waals surface area contributed by atoms with Gasteiger partial charge in [-0.3, -0.25) is 9.78 Å². The van der Waals surface area contributed by atoms with Gasteiger partial charge in [-0.1, -0.05) is 50.2 Å². The molecule has 1 aliphatic heterocycles. The van der Waals surface area contributed by atoms with Crippen LogP contribution in [0.1, 0.15) is 65.1 Å². The summed E-state index contributed by atoms with van der Waals surface area (Å²) < 4.78 is 27.1. The smallest absolute Gasteiger partial charge is 0.254 e. The molecule has 0 spiro atoms. The van der Waals surface area contributed by atoms with Crippen molar-refractivity contribution >= 4 is 17.9 Å². The number of rotatable bonds is 9. The monoisotopic (exact) mass is 595 g/mol. The molecule has 0 saturated carbocycles. The maximum absolute atomic E-state index is 13.6. The summed E-state index contributed by atoms with van der Waals surface area (Å²) in [6, 6.07) is 19.7. The van der Waals surface area contributed by atoms with Crippen molar-refractivity contribution in [2.45, 2.75) is 60.0 Å². The van der Waals surface area contributed by atoms with E-state index in [2.05, 4.69) is 30.9 Å². The van der Waals surface area contributed by atoms with Crippen molar-refractivity contribution in [3.8, 4) is 11.1 Å². The third-order valence-electron chi connectivity index (χ3n) is 8.66. The van der Waals surface area contributed by atoms with Crippen molar-refractivity contribution in [3.63, 3.8) is 0 Å². The quantitative estimate of drug-likeness (QED) is 0.185. The predicted molar refractivity (Wildman–Crippen MR) is 171 cm³/mol. The fourth-order valence-corrected chi connectivity index (χ4v) is 6.01. The molecule has 228 valence electrons. The van der Waals surface area contributed by atoms with Gasteiger partial charge in [0, 0.05) is 60.7 Å². The molecular weight excluding hydrogens is 556 g/mol. The second kappa shape index (κ2) is 13.1. The van der Waals surface area contributed by atoms with E-state index < -0.39 is 5.82 Å². The Kier molecular flexibility index (Phi) is 9.23. The Bertz CT molecular complexity index is 1620. The van der Waals surface area contributed by atoms with Gasteiger partial charge in [0.2, 0.25) is 0 Å². The Labute approximate surface area is 258 Å². The first-order valence-electron chi connectivity index (χ1n) is 15.1. The minimum absolute atomic E-state index is 0.245. The zero-order valence-corrected chi connectivity index (χ0v) is 25.9. The highest BCUT2D eigenvalue weighted by molar-refractivity contribution is 5.94. The van der Waals surface area contributed by atoms with E-state index in [1.54, 1.807) is 17.0 Å². The van der Waals surface area contributed by atoms with Crippen LogP contribution in [0.25, 0.3) is 11.1 Å². The van der Waals surface area contributed by atoms with Crippen LogP contribution >= 0.6 is 0 Å². The van der Waals surface area contributed by atoms with Crippen molar-refractivity contribution in [2.75, 3.05) is 18.0 Å². The molecule has 1 aromatic heterocycles. The highest BCUT2D eigenvalue weighted by Gasteiger charge is 2.29. The number of pyridine rings is 1. The molecule has 5 rings (SSSR count). The van der Waals surface area contributed by atoms with Crippen LogP contribution in [0.2, 0.25) is 0 Å². The average Bonchev–Trinajstić information content (AvgIpc) is 3.00. The highest BCUT2D eigenvalue weighted by atomic mass is 19.1. The van der Waals surface area contributed by atoms with Crippen LogP contribution in [0.3, 0.4) is 0 Å². The van der Waals surface area contributed by atoms with Gasteiger partial charge in [-0.05, 0) is 85.2 Å². The molecule has 7 heteroatoms. The summed E-state index contributed by atoms with van der Waals surface area (Å²) in [5, 5.41) is 0. The van der Waals surface area contributed by atoms with E-state index in [1.165, 1.54) is 36.4 Å². The van der Waals surface area contributed by atoms with Crippen molar-refractivity contribution in [3.05, 3.63) is 118 Å². The van der Waals surface area contributed by atoms with E-state index in [4.69, 9.17) is 4.98 Å². The van der Waals surface area contributed by atoms with Crippen LogP contribution in [0.15, 0.2) is 72.8 Å². The molecule has 44 heavy (non-hydrogen) atoms. The normalized spacial score (nSPS) is 14.4. The van der Waals surface area contributed by atoms with Crippen molar-refractivity contribution < 1.29 is 18.4 Å². The van der Waals surface area contributed by atoms with Gasteiger partial charge in [0.15, 0.2) is 0 Å². The van der Waals surface area contributed by atoms with E-state index in [0.717, 1.165) is 77.1 Å². The maximum Gasteiger partial charge on any atom is 0.254 e. The first kappa shape index (κ1) is 31.0. The SMILES string of the molecule is Cc1nc(C)c(-c2ccc(CN(Cc3ccc(F)cc3)C(=O)c3ccc(F)cc3)cc2)c(N2CCC(C)(C)CC2)c1CC=O. The summed E-state index contributed by atoms with van der Waals surface area (Å²) in [6.07, 6.45) is 3.40. The molecule has 4 aromatic rings. The molecule has 0 radical (unpaired) electrons. The van der Waals surface area contributed by atoms with Gasteiger partial charge in [0.1, 0.15) is 17.9 Å². The Balaban J connectivity index is 1.48. The van der Waals surface area contributed by atoms with Crippen molar-refractivity contribution in [2.24, 2.45) is 5.41 Å². The van der Waals surface area contributed by atoms with Crippen LogP contribution in [0.5, 0.6) is 0 Å². The van der Waals surface area contributed by atoms with Crippen LogP contribution in [-0.2, 0) is 24.3 Å². The number of benzene rings is 3. The fourth-order valence-electron chi connectivity index (χ4n) is 6.01. The van der Waals surface area contributed by atoms with Crippen LogP contribution in [-0.4, -0.2) is 35.2 Å². The van der Waals surface area contributed by atoms with Crippen LogP contribution in [0, 0.1) is 30.9 Å². The van der Waals surface area contributed by atoms with Crippen molar-refractivity contribution in [1.29, 1.82) is 0 Å². The molecule has 1 fully saturated rings. The zero-order valence-electron chi connectivity index (χ0n) is 25.9. The summed E-state index contributed by atoms with van der Waals surface area (Å²) in [4.78, 5) is 34.2. The molecule has 2 heterocycles.